The fraction of sp³-hybridized carbons (Fsp3) is 0.364. The second kappa shape index (κ2) is 4.16. The Bertz CT molecular complexity index is 442. The largest absolute Gasteiger partial charge is 0.343 e. The minimum absolute atomic E-state index is 0.0704. The average Bonchev–Trinajstić information content (AvgIpc) is 2.75. The summed E-state index contributed by atoms with van der Waals surface area (Å²) >= 11 is 1.70. The minimum atomic E-state index is 0.0704. The van der Waals surface area contributed by atoms with Gasteiger partial charge in [-0.05, 0) is 26.0 Å². The molecule has 2 rings (SSSR count). The molecule has 2 aromatic rings. The molecule has 15 heavy (non-hydrogen) atoms. The molecule has 1 atom stereocenters. The number of rotatable bonds is 3. The maximum atomic E-state index is 5.88. The van der Waals surface area contributed by atoms with Gasteiger partial charge in [0, 0.05) is 29.0 Å². The van der Waals surface area contributed by atoms with Gasteiger partial charge in [0.1, 0.15) is 5.01 Å². The number of nitrogens with zero attached hydrogens (tertiary/aromatic N) is 2. The second-order valence-electron chi connectivity index (χ2n) is 3.73. The molecule has 0 aromatic carbocycles. The highest BCUT2D eigenvalue weighted by atomic mass is 32.1. The van der Waals surface area contributed by atoms with Crippen LogP contribution in [0.3, 0.4) is 0 Å². The highest BCUT2D eigenvalue weighted by molar-refractivity contribution is 7.09. The van der Waals surface area contributed by atoms with E-state index in [9.17, 15) is 0 Å². The van der Waals surface area contributed by atoms with Gasteiger partial charge in [-0.1, -0.05) is 0 Å². The Morgan fingerprint density at radius 2 is 2.40 bits per heavy atom. The van der Waals surface area contributed by atoms with E-state index in [4.69, 9.17) is 5.73 Å². The van der Waals surface area contributed by atoms with Gasteiger partial charge in [-0.3, -0.25) is 0 Å². The Hall–Kier alpha value is -1.13. The van der Waals surface area contributed by atoms with Gasteiger partial charge < -0.3 is 10.3 Å². The van der Waals surface area contributed by atoms with Crippen LogP contribution in [0, 0.1) is 6.92 Å². The normalized spacial score (nSPS) is 13.0. The van der Waals surface area contributed by atoms with Crippen LogP contribution >= 0.6 is 11.3 Å². The van der Waals surface area contributed by atoms with Gasteiger partial charge in [0.25, 0.3) is 0 Å². The van der Waals surface area contributed by atoms with E-state index in [1.54, 1.807) is 11.3 Å². The third-order valence-corrected chi connectivity index (χ3v) is 3.25. The Morgan fingerprint density at radius 1 is 1.60 bits per heavy atom. The molecule has 0 saturated heterocycles. The first-order valence-electron chi connectivity index (χ1n) is 4.98. The summed E-state index contributed by atoms with van der Waals surface area (Å²) in [6.07, 6.45) is 2.05. The van der Waals surface area contributed by atoms with E-state index in [1.807, 2.05) is 19.9 Å². The zero-order chi connectivity index (χ0) is 10.8. The molecule has 0 aliphatic rings. The van der Waals surface area contributed by atoms with Gasteiger partial charge in [0.05, 0.1) is 6.54 Å². The zero-order valence-corrected chi connectivity index (χ0v) is 9.79. The van der Waals surface area contributed by atoms with E-state index >= 15 is 0 Å². The number of thiazole rings is 1. The summed E-state index contributed by atoms with van der Waals surface area (Å²) in [5, 5.41) is 3.20. The monoisotopic (exact) mass is 221 g/mol. The van der Waals surface area contributed by atoms with Crippen molar-refractivity contribution in [3.05, 3.63) is 40.1 Å². The zero-order valence-electron chi connectivity index (χ0n) is 8.97. The van der Waals surface area contributed by atoms with Crippen molar-refractivity contribution in [1.82, 2.24) is 9.55 Å². The number of aromatic nitrogens is 2. The van der Waals surface area contributed by atoms with Crippen LogP contribution in [0.2, 0.25) is 0 Å². The van der Waals surface area contributed by atoms with Gasteiger partial charge >= 0.3 is 0 Å². The Labute approximate surface area is 93.6 Å². The number of nitrogens with two attached hydrogens (primary N) is 1. The summed E-state index contributed by atoms with van der Waals surface area (Å²) in [4.78, 5) is 4.44. The lowest BCUT2D eigenvalue weighted by molar-refractivity contribution is 0.673. The van der Waals surface area contributed by atoms with Crippen LogP contribution in [0.4, 0.5) is 0 Å². The smallest absolute Gasteiger partial charge is 0.113 e. The molecule has 0 radical (unpaired) electrons. The number of hydrogen-bond donors (Lipinski definition) is 1. The lowest BCUT2D eigenvalue weighted by atomic mass is 10.2. The summed E-state index contributed by atoms with van der Waals surface area (Å²) in [6, 6.07) is 4.16. The van der Waals surface area contributed by atoms with Crippen molar-refractivity contribution in [3.63, 3.8) is 0 Å². The van der Waals surface area contributed by atoms with Crippen molar-refractivity contribution in [3.8, 4) is 0 Å². The molecular weight excluding hydrogens is 206 g/mol. The quantitative estimate of drug-likeness (QED) is 0.864. The molecule has 2 N–H and O–H groups in total. The van der Waals surface area contributed by atoms with Crippen LogP contribution in [0.5, 0.6) is 0 Å². The van der Waals surface area contributed by atoms with Crippen molar-refractivity contribution >= 4 is 11.3 Å². The summed E-state index contributed by atoms with van der Waals surface area (Å²) in [7, 11) is 0. The van der Waals surface area contributed by atoms with Crippen molar-refractivity contribution in [2.24, 2.45) is 5.73 Å². The Balaban J connectivity index is 2.20. The lowest BCUT2D eigenvalue weighted by Crippen LogP contribution is -2.12. The molecular formula is C11H15N3S. The van der Waals surface area contributed by atoms with Crippen LogP contribution in [-0.2, 0) is 6.54 Å². The highest BCUT2D eigenvalue weighted by Crippen LogP contribution is 2.15. The third-order valence-electron chi connectivity index (χ3n) is 2.30. The predicted octanol–water partition coefficient (Wildman–Crippen LogP) is 2.32. The molecule has 0 spiro atoms. The fourth-order valence-corrected chi connectivity index (χ4v) is 2.38. The number of hydrogen-bond acceptors (Lipinski definition) is 3. The molecule has 0 bridgehead atoms. The molecule has 4 heteroatoms. The molecule has 2 heterocycles. The van der Waals surface area contributed by atoms with Crippen LogP contribution in [-0.4, -0.2) is 9.55 Å². The molecule has 1 unspecified atom stereocenters. The maximum Gasteiger partial charge on any atom is 0.113 e. The second-order valence-corrected chi connectivity index (χ2v) is 4.67. The molecule has 3 nitrogen and oxygen atoms in total. The topological polar surface area (TPSA) is 43.8 Å². The van der Waals surface area contributed by atoms with E-state index in [1.165, 1.54) is 0 Å². The van der Waals surface area contributed by atoms with Gasteiger partial charge in [0.15, 0.2) is 0 Å². The summed E-state index contributed by atoms with van der Waals surface area (Å²) in [6.45, 7) is 4.84. The van der Waals surface area contributed by atoms with Crippen molar-refractivity contribution in [2.75, 3.05) is 0 Å². The third kappa shape index (κ3) is 2.27. The number of aryl methyl sites for hydroxylation is 1. The summed E-state index contributed by atoms with van der Waals surface area (Å²) in [5.41, 5.74) is 8.12. The standard InChI is InChI=1S/C11H15N3S/c1-8-7-15-11(13-8)6-14-5-3-4-10(14)9(2)12/h3-5,7,9H,6,12H2,1-2H3. The molecule has 0 saturated carbocycles. The maximum absolute atomic E-state index is 5.88. The van der Waals surface area contributed by atoms with Gasteiger partial charge in [-0.15, -0.1) is 11.3 Å². The van der Waals surface area contributed by atoms with Crippen LogP contribution in [0.25, 0.3) is 0 Å². The first-order valence-corrected chi connectivity index (χ1v) is 5.86. The molecule has 0 fully saturated rings. The predicted molar refractivity (Wildman–Crippen MR) is 63.0 cm³/mol. The van der Waals surface area contributed by atoms with E-state index < -0.39 is 0 Å². The Morgan fingerprint density at radius 3 is 3.00 bits per heavy atom. The van der Waals surface area contributed by atoms with E-state index in [2.05, 4.69) is 27.2 Å². The first-order chi connectivity index (χ1) is 7.16. The SMILES string of the molecule is Cc1csc(Cn2cccc2C(C)N)n1. The lowest BCUT2D eigenvalue weighted by Gasteiger charge is -2.10. The van der Waals surface area contributed by atoms with Gasteiger partial charge in [-0.2, -0.15) is 0 Å². The summed E-state index contributed by atoms with van der Waals surface area (Å²) < 4.78 is 2.16. The molecule has 0 amide bonds. The first kappa shape index (κ1) is 10.4. The molecule has 0 aliphatic carbocycles. The van der Waals surface area contributed by atoms with Gasteiger partial charge in [0.2, 0.25) is 0 Å². The Kier molecular flexibility index (Phi) is 2.88. The van der Waals surface area contributed by atoms with Crippen LogP contribution in [0.1, 0.15) is 29.4 Å². The molecule has 0 aliphatic heterocycles. The summed E-state index contributed by atoms with van der Waals surface area (Å²) in [5.74, 6) is 0. The average molecular weight is 221 g/mol. The minimum Gasteiger partial charge on any atom is -0.343 e. The van der Waals surface area contributed by atoms with Gasteiger partial charge in [-0.25, -0.2) is 4.98 Å². The van der Waals surface area contributed by atoms with Crippen LogP contribution < -0.4 is 5.73 Å². The molecule has 80 valence electrons. The van der Waals surface area contributed by atoms with E-state index in [0.29, 0.717) is 0 Å². The van der Waals surface area contributed by atoms with Crippen molar-refractivity contribution < 1.29 is 0 Å². The van der Waals surface area contributed by atoms with Crippen molar-refractivity contribution in [1.29, 1.82) is 0 Å². The van der Waals surface area contributed by atoms with E-state index in [-0.39, 0.29) is 6.04 Å². The van der Waals surface area contributed by atoms with E-state index in [0.717, 1.165) is 22.9 Å². The van der Waals surface area contributed by atoms with Crippen LogP contribution in [0.15, 0.2) is 23.7 Å². The van der Waals surface area contributed by atoms with Crippen molar-refractivity contribution in [2.45, 2.75) is 26.4 Å². The molecule has 2 aromatic heterocycles. The highest BCUT2D eigenvalue weighted by Gasteiger charge is 2.07. The fourth-order valence-electron chi connectivity index (χ4n) is 1.61.